The van der Waals surface area contributed by atoms with Crippen LogP contribution in [0.4, 0.5) is 0 Å². The molecule has 0 saturated carbocycles. The van der Waals surface area contributed by atoms with Gasteiger partial charge in [0.05, 0.1) is 17.0 Å². The fourth-order valence-electron chi connectivity index (χ4n) is 3.91. The number of hydrogen-bond donors (Lipinski definition) is 1. The van der Waals surface area contributed by atoms with E-state index in [0.29, 0.717) is 0 Å². The normalized spacial score (nSPS) is 17.7. The molecule has 7 nitrogen and oxygen atoms in total. The molecular formula is C24H29N3O4S. The molecule has 1 fully saturated rings. The molecule has 1 aliphatic heterocycles. The first-order valence-electron chi connectivity index (χ1n) is 10.6. The molecule has 1 aromatic heterocycles. The van der Waals surface area contributed by atoms with Crippen LogP contribution in [0.1, 0.15) is 48.3 Å². The molecule has 0 bridgehead atoms. The highest BCUT2D eigenvalue weighted by Crippen LogP contribution is 2.23. The SMILES string of the molecule is Cc1cc(/C=C(\C#N)C(=O)NC(C)c2ccc(S(C)(=O)=O)cc2)c(C)n1CC1CCCO1. The predicted octanol–water partition coefficient (Wildman–Crippen LogP) is 3.47. The van der Waals surface area contributed by atoms with Crippen molar-refractivity contribution < 1.29 is 17.9 Å². The molecule has 1 aromatic carbocycles. The van der Waals surface area contributed by atoms with Crippen molar-refractivity contribution in [3.63, 3.8) is 0 Å². The van der Waals surface area contributed by atoms with Crippen LogP contribution < -0.4 is 5.32 Å². The quantitative estimate of drug-likeness (QED) is 0.509. The number of hydrogen-bond acceptors (Lipinski definition) is 5. The summed E-state index contributed by atoms with van der Waals surface area (Å²) >= 11 is 0. The summed E-state index contributed by atoms with van der Waals surface area (Å²) in [5, 5.41) is 12.4. The zero-order valence-electron chi connectivity index (χ0n) is 18.9. The third-order valence-electron chi connectivity index (χ3n) is 5.84. The summed E-state index contributed by atoms with van der Waals surface area (Å²) in [6.07, 6.45) is 5.07. The van der Waals surface area contributed by atoms with Gasteiger partial charge in [0.2, 0.25) is 0 Å². The number of aryl methyl sites for hydroxylation is 1. The first-order chi connectivity index (χ1) is 15.1. The van der Waals surface area contributed by atoms with Gasteiger partial charge in [0, 0.05) is 30.8 Å². The Morgan fingerprint density at radius 1 is 1.34 bits per heavy atom. The van der Waals surface area contributed by atoms with Gasteiger partial charge >= 0.3 is 0 Å². The lowest BCUT2D eigenvalue weighted by Crippen LogP contribution is -2.27. The van der Waals surface area contributed by atoms with E-state index >= 15 is 0 Å². The van der Waals surface area contributed by atoms with Crippen molar-refractivity contribution in [2.75, 3.05) is 12.9 Å². The van der Waals surface area contributed by atoms with Crippen molar-refractivity contribution in [3.05, 3.63) is 58.4 Å². The number of amides is 1. The standard InChI is InChI=1S/C24H29N3O4S/c1-16-12-20(18(3)27(16)15-22-6-5-11-31-22)13-21(14-25)24(28)26-17(2)19-7-9-23(10-8-19)32(4,29)30/h7-10,12-13,17,22H,5-6,11,15H2,1-4H3,(H,26,28)/b21-13+. The Bertz CT molecular complexity index is 1170. The van der Waals surface area contributed by atoms with E-state index in [9.17, 15) is 18.5 Å². The number of carbonyl (C=O) groups excluding carboxylic acids is 1. The summed E-state index contributed by atoms with van der Waals surface area (Å²) in [6.45, 7) is 7.33. The lowest BCUT2D eigenvalue weighted by Gasteiger charge is -2.15. The topological polar surface area (TPSA) is 101 Å². The van der Waals surface area contributed by atoms with Crippen LogP contribution >= 0.6 is 0 Å². The van der Waals surface area contributed by atoms with Crippen LogP contribution in [-0.2, 0) is 25.9 Å². The molecule has 3 rings (SSSR count). The molecule has 0 aliphatic carbocycles. The van der Waals surface area contributed by atoms with E-state index in [1.807, 2.05) is 26.0 Å². The van der Waals surface area contributed by atoms with Gasteiger partial charge in [0.1, 0.15) is 11.6 Å². The lowest BCUT2D eigenvalue weighted by atomic mass is 10.1. The van der Waals surface area contributed by atoms with E-state index < -0.39 is 15.7 Å². The fourth-order valence-corrected chi connectivity index (χ4v) is 4.54. The zero-order valence-corrected chi connectivity index (χ0v) is 19.7. The Labute approximate surface area is 189 Å². The van der Waals surface area contributed by atoms with Crippen molar-refractivity contribution in [1.82, 2.24) is 9.88 Å². The van der Waals surface area contributed by atoms with Crippen molar-refractivity contribution >= 4 is 21.8 Å². The van der Waals surface area contributed by atoms with E-state index in [2.05, 4.69) is 9.88 Å². The van der Waals surface area contributed by atoms with Crippen molar-refractivity contribution in [1.29, 1.82) is 5.26 Å². The minimum atomic E-state index is -3.28. The van der Waals surface area contributed by atoms with Crippen LogP contribution in [0.25, 0.3) is 6.08 Å². The summed E-state index contributed by atoms with van der Waals surface area (Å²) < 4.78 is 31.2. The van der Waals surface area contributed by atoms with Gasteiger partial charge in [0.25, 0.3) is 5.91 Å². The Balaban J connectivity index is 1.75. The van der Waals surface area contributed by atoms with Crippen molar-refractivity contribution in [3.8, 4) is 6.07 Å². The number of nitrogens with one attached hydrogen (secondary N) is 1. The van der Waals surface area contributed by atoms with Crippen molar-refractivity contribution in [2.24, 2.45) is 0 Å². The Hall–Kier alpha value is -2.89. The van der Waals surface area contributed by atoms with Crippen LogP contribution in [0, 0.1) is 25.2 Å². The molecule has 1 N–H and O–H groups in total. The molecule has 2 aromatic rings. The molecule has 0 spiro atoms. The highest BCUT2D eigenvalue weighted by Gasteiger charge is 2.20. The summed E-state index contributed by atoms with van der Waals surface area (Å²) in [7, 11) is -3.28. The number of aromatic nitrogens is 1. The first kappa shape index (κ1) is 23.8. The number of rotatable bonds is 7. The second-order valence-electron chi connectivity index (χ2n) is 8.28. The molecule has 2 heterocycles. The van der Waals surface area contributed by atoms with E-state index in [0.717, 1.165) is 54.8 Å². The first-order valence-corrected chi connectivity index (χ1v) is 12.5. The molecule has 1 saturated heterocycles. The predicted molar refractivity (Wildman–Crippen MR) is 123 cm³/mol. The average molecular weight is 456 g/mol. The molecule has 8 heteroatoms. The fraction of sp³-hybridized carbons (Fsp3) is 0.417. The minimum absolute atomic E-state index is 0.0157. The maximum absolute atomic E-state index is 12.7. The van der Waals surface area contributed by atoms with Crippen LogP contribution in [0.3, 0.4) is 0 Å². The maximum Gasteiger partial charge on any atom is 0.262 e. The van der Waals surface area contributed by atoms with E-state index in [-0.39, 0.29) is 22.6 Å². The van der Waals surface area contributed by atoms with Crippen LogP contribution in [-0.4, -0.2) is 37.9 Å². The lowest BCUT2D eigenvalue weighted by molar-refractivity contribution is -0.117. The molecule has 1 aliphatic rings. The number of sulfone groups is 1. The number of benzene rings is 1. The summed E-state index contributed by atoms with van der Waals surface area (Å²) in [5.41, 5.74) is 3.64. The molecule has 170 valence electrons. The van der Waals surface area contributed by atoms with Gasteiger partial charge < -0.3 is 14.6 Å². The summed E-state index contributed by atoms with van der Waals surface area (Å²) in [5.74, 6) is -0.476. The number of ether oxygens (including phenoxy) is 1. The second kappa shape index (κ2) is 9.72. The van der Waals surface area contributed by atoms with Gasteiger partial charge in [-0.15, -0.1) is 0 Å². The minimum Gasteiger partial charge on any atom is -0.376 e. The molecule has 1 amide bonds. The Morgan fingerprint density at radius 3 is 2.59 bits per heavy atom. The number of nitriles is 1. The molecule has 32 heavy (non-hydrogen) atoms. The molecule has 0 radical (unpaired) electrons. The third-order valence-corrected chi connectivity index (χ3v) is 6.97. The summed E-state index contributed by atoms with van der Waals surface area (Å²) in [4.78, 5) is 13.0. The smallest absolute Gasteiger partial charge is 0.262 e. The average Bonchev–Trinajstić information content (AvgIpc) is 3.35. The third kappa shape index (κ3) is 5.47. The Morgan fingerprint density at radius 2 is 2.03 bits per heavy atom. The zero-order chi connectivity index (χ0) is 23.5. The number of nitrogens with zero attached hydrogens (tertiary/aromatic N) is 2. The Kier molecular flexibility index (Phi) is 7.22. The second-order valence-corrected chi connectivity index (χ2v) is 10.3. The van der Waals surface area contributed by atoms with Gasteiger partial charge in [-0.2, -0.15) is 5.26 Å². The molecule has 2 atom stereocenters. The summed E-state index contributed by atoms with van der Waals surface area (Å²) in [6, 6.07) is 9.93. The van der Waals surface area contributed by atoms with Gasteiger partial charge in [0.15, 0.2) is 9.84 Å². The van der Waals surface area contributed by atoms with Gasteiger partial charge in [-0.1, -0.05) is 12.1 Å². The van der Waals surface area contributed by atoms with Gasteiger partial charge in [-0.05, 0) is 69.0 Å². The van der Waals surface area contributed by atoms with Crippen molar-refractivity contribution in [2.45, 2.75) is 57.2 Å². The van der Waals surface area contributed by atoms with Gasteiger partial charge in [-0.3, -0.25) is 4.79 Å². The number of carbonyl (C=O) groups is 1. The molecule has 2 unspecified atom stereocenters. The van der Waals surface area contributed by atoms with E-state index in [1.54, 1.807) is 25.1 Å². The van der Waals surface area contributed by atoms with E-state index in [1.165, 1.54) is 12.1 Å². The van der Waals surface area contributed by atoms with E-state index in [4.69, 9.17) is 4.74 Å². The maximum atomic E-state index is 12.7. The van der Waals surface area contributed by atoms with Crippen LogP contribution in [0.5, 0.6) is 0 Å². The van der Waals surface area contributed by atoms with Crippen LogP contribution in [0.15, 0.2) is 40.8 Å². The van der Waals surface area contributed by atoms with Crippen LogP contribution in [0.2, 0.25) is 0 Å². The highest BCUT2D eigenvalue weighted by molar-refractivity contribution is 7.90. The van der Waals surface area contributed by atoms with Gasteiger partial charge in [-0.25, -0.2) is 8.42 Å². The largest absolute Gasteiger partial charge is 0.376 e. The highest BCUT2D eigenvalue weighted by atomic mass is 32.2. The monoisotopic (exact) mass is 455 g/mol. The molecular weight excluding hydrogens is 426 g/mol.